The summed E-state index contributed by atoms with van der Waals surface area (Å²) in [5, 5.41) is 11.6. The zero-order valence-corrected chi connectivity index (χ0v) is 12.9. The molecule has 2 N–H and O–H groups in total. The van der Waals surface area contributed by atoms with Crippen molar-refractivity contribution >= 4 is 21.4 Å². The summed E-state index contributed by atoms with van der Waals surface area (Å²) in [7, 11) is -3.27. The van der Waals surface area contributed by atoms with Crippen LogP contribution in [-0.2, 0) is 16.3 Å². The molecule has 0 aliphatic carbocycles. The predicted molar refractivity (Wildman–Crippen MR) is 84.7 cm³/mol. The molecular formula is C16H17NO4S. The van der Waals surface area contributed by atoms with Crippen LogP contribution in [-0.4, -0.2) is 32.3 Å². The largest absolute Gasteiger partial charge is 0.396 e. The van der Waals surface area contributed by atoms with Gasteiger partial charge in [0.25, 0.3) is 5.91 Å². The van der Waals surface area contributed by atoms with E-state index in [0.29, 0.717) is 17.7 Å². The minimum Gasteiger partial charge on any atom is -0.396 e. The maximum Gasteiger partial charge on any atom is 0.255 e. The summed E-state index contributed by atoms with van der Waals surface area (Å²) in [6, 6.07) is 13.0. The van der Waals surface area contributed by atoms with E-state index in [0.717, 1.165) is 11.8 Å². The van der Waals surface area contributed by atoms with Crippen molar-refractivity contribution in [3.05, 3.63) is 59.7 Å². The molecule has 5 nitrogen and oxygen atoms in total. The van der Waals surface area contributed by atoms with Crippen molar-refractivity contribution in [2.45, 2.75) is 11.3 Å². The molecule has 2 aromatic rings. The SMILES string of the molecule is CS(=O)(=O)c1ccc(C(=O)Nc2ccc(CCO)cc2)cc1. The fraction of sp³-hybridized carbons (Fsp3) is 0.188. The summed E-state index contributed by atoms with van der Waals surface area (Å²) in [6.45, 7) is 0.0817. The lowest BCUT2D eigenvalue weighted by Crippen LogP contribution is -2.12. The van der Waals surface area contributed by atoms with Crippen LogP contribution in [0.5, 0.6) is 0 Å². The fourth-order valence-electron chi connectivity index (χ4n) is 1.94. The molecule has 0 heterocycles. The van der Waals surface area contributed by atoms with Crippen LogP contribution in [0.3, 0.4) is 0 Å². The Morgan fingerprint density at radius 3 is 2.14 bits per heavy atom. The van der Waals surface area contributed by atoms with E-state index < -0.39 is 9.84 Å². The molecule has 1 amide bonds. The Labute approximate surface area is 129 Å². The Bertz CT molecular complexity index is 750. The number of nitrogens with one attached hydrogen (secondary N) is 1. The lowest BCUT2D eigenvalue weighted by atomic mass is 10.1. The second kappa shape index (κ2) is 6.72. The number of benzene rings is 2. The molecule has 0 fully saturated rings. The van der Waals surface area contributed by atoms with E-state index in [4.69, 9.17) is 5.11 Å². The van der Waals surface area contributed by atoms with Gasteiger partial charge in [-0.3, -0.25) is 4.79 Å². The molecular weight excluding hydrogens is 302 g/mol. The number of carbonyl (C=O) groups excluding carboxylic acids is 1. The lowest BCUT2D eigenvalue weighted by Gasteiger charge is -2.07. The highest BCUT2D eigenvalue weighted by molar-refractivity contribution is 7.90. The van der Waals surface area contributed by atoms with Crippen LogP contribution in [0.15, 0.2) is 53.4 Å². The van der Waals surface area contributed by atoms with Crippen molar-refractivity contribution in [2.24, 2.45) is 0 Å². The summed E-state index contributed by atoms with van der Waals surface area (Å²) in [5.41, 5.74) is 2.00. The minimum absolute atomic E-state index is 0.0817. The number of anilines is 1. The number of rotatable bonds is 5. The molecule has 0 saturated carbocycles. The minimum atomic E-state index is -3.27. The summed E-state index contributed by atoms with van der Waals surface area (Å²) in [6.07, 6.45) is 1.69. The Morgan fingerprint density at radius 2 is 1.64 bits per heavy atom. The van der Waals surface area contributed by atoms with Crippen LogP contribution in [0.4, 0.5) is 5.69 Å². The standard InChI is InChI=1S/C16H17NO4S/c1-22(20,21)15-8-4-13(5-9-15)16(19)17-14-6-2-12(3-7-14)10-11-18/h2-9,18H,10-11H2,1H3,(H,17,19). The first-order chi connectivity index (χ1) is 10.4. The van der Waals surface area contributed by atoms with Gasteiger partial charge in [0.15, 0.2) is 9.84 Å². The molecule has 0 atom stereocenters. The normalized spacial score (nSPS) is 11.2. The molecule has 0 aliphatic heterocycles. The third-order valence-corrected chi connectivity index (χ3v) is 4.29. The van der Waals surface area contributed by atoms with Gasteiger partial charge in [0.05, 0.1) is 4.90 Å². The van der Waals surface area contributed by atoms with Gasteiger partial charge in [-0.1, -0.05) is 12.1 Å². The summed E-state index contributed by atoms with van der Waals surface area (Å²) in [5.74, 6) is -0.310. The van der Waals surface area contributed by atoms with Gasteiger partial charge in [-0.2, -0.15) is 0 Å². The van der Waals surface area contributed by atoms with Gasteiger partial charge in [-0.15, -0.1) is 0 Å². The van der Waals surface area contributed by atoms with Gasteiger partial charge in [0.1, 0.15) is 0 Å². The van der Waals surface area contributed by atoms with Crippen molar-refractivity contribution < 1.29 is 18.3 Å². The number of aliphatic hydroxyl groups excluding tert-OH is 1. The quantitative estimate of drug-likeness (QED) is 0.881. The molecule has 0 radical (unpaired) electrons. The molecule has 116 valence electrons. The predicted octanol–water partition coefficient (Wildman–Crippen LogP) is 1.88. The van der Waals surface area contributed by atoms with Crippen LogP contribution in [0.2, 0.25) is 0 Å². The van der Waals surface area contributed by atoms with Crippen molar-refractivity contribution in [1.82, 2.24) is 0 Å². The van der Waals surface area contributed by atoms with Gasteiger partial charge in [-0.25, -0.2) is 8.42 Å². The van der Waals surface area contributed by atoms with E-state index in [1.54, 1.807) is 12.1 Å². The van der Waals surface area contributed by atoms with E-state index >= 15 is 0 Å². The number of aliphatic hydroxyl groups is 1. The molecule has 0 unspecified atom stereocenters. The zero-order chi connectivity index (χ0) is 16.2. The molecule has 2 aromatic carbocycles. The summed E-state index contributed by atoms with van der Waals surface area (Å²) >= 11 is 0. The van der Waals surface area contributed by atoms with Gasteiger partial charge in [0.2, 0.25) is 0 Å². The van der Waals surface area contributed by atoms with E-state index in [1.807, 2.05) is 12.1 Å². The van der Waals surface area contributed by atoms with Crippen LogP contribution < -0.4 is 5.32 Å². The highest BCUT2D eigenvalue weighted by Crippen LogP contribution is 2.14. The average Bonchev–Trinajstić information content (AvgIpc) is 2.49. The highest BCUT2D eigenvalue weighted by Gasteiger charge is 2.10. The second-order valence-electron chi connectivity index (χ2n) is 4.92. The molecule has 0 spiro atoms. The van der Waals surface area contributed by atoms with Gasteiger partial charge in [-0.05, 0) is 48.4 Å². The highest BCUT2D eigenvalue weighted by atomic mass is 32.2. The van der Waals surface area contributed by atoms with Crippen molar-refractivity contribution in [3.8, 4) is 0 Å². The van der Waals surface area contributed by atoms with Gasteiger partial charge in [0, 0.05) is 24.1 Å². The second-order valence-corrected chi connectivity index (χ2v) is 6.94. The Kier molecular flexibility index (Phi) is 4.95. The molecule has 0 saturated heterocycles. The summed E-state index contributed by atoms with van der Waals surface area (Å²) in [4.78, 5) is 12.3. The molecule has 0 aliphatic rings. The van der Waals surface area contributed by atoms with Crippen LogP contribution in [0, 0.1) is 0 Å². The van der Waals surface area contributed by atoms with Crippen molar-refractivity contribution in [2.75, 3.05) is 18.2 Å². The Morgan fingerprint density at radius 1 is 1.05 bits per heavy atom. The first kappa shape index (κ1) is 16.2. The topological polar surface area (TPSA) is 83.5 Å². The van der Waals surface area contributed by atoms with Crippen LogP contribution >= 0.6 is 0 Å². The van der Waals surface area contributed by atoms with E-state index in [9.17, 15) is 13.2 Å². The monoisotopic (exact) mass is 319 g/mol. The Balaban J connectivity index is 2.08. The van der Waals surface area contributed by atoms with Crippen molar-refractivity contribution in [1.29, 1.82) is 0 Å². The molecule has 0 bridgehead atoms. The van der Waals surface area contributed by atoms with Crippen LogP contribution in [0.1, 0.15) is 15.9 Å². The van der Waals surface area contributed by atoms with E-state index in [-0.39, 0.29) is 17.4 Å². The fourth-order valence-corrected chi connectivity index (χ4v) is 2.57. The van der Waals surface area contributed by atoms with Gasteiger partial charge < -0.3 is 10.4 Å². The maximum atomic E-state index is 12.1. The lowest BCUT2D eigenvalue weighted by molar-refractivity contribution is 0.102. The number of carbonyl (C=O) groups is 1. The number of sulfone groups is 1. The van der Waals surface area contributed by atoms with Crippen LogP contribution in [0.25, 0.3) is 0 Å². The first-order valence-electron chi connectivity index (χ1n) is 6.71. The molecule has 0 aromatic heterocycles. The summed E-state index contributed by atoms with van der Waals surface area (Å²) < 4.78 is 22.7. The number of amides is 1. The number of hydrogen-bond acceptors (Lipinski definition) is 4. The first-order valence-corrected chi connectivity index (χ1v) is 8.60. The van der Waals surface area contributed by atoms with E-state index in [1.165, 1.54) is 24.3 Å². The maximum absolute atomic E-state index is 12.1. The average molecular weight is 319 g/mol. The smallest absolute Gasteiger partial charge is 0.255 e. The van der Waals surface area contributed by atoms with Crippen molar-refractivity contribution in [3.63, 3.8) is 0 Å². The molecule has 22 heavy (non-hydrogen) atoms. The van der Waals surface area contributed by atoms with Gasteiger partial charge >= 0.3 is 0 Å². The Hall–Kier alpha value is -2.18. The molecule has 6 heteroatoms. The third kappa shape index (κ3) is 4.16. The van der Waals surface area contributed by atoms with E-state index in [2.05, 4.69) is 5.32 Å². The zero-order valence-electron chi connectivity index (χ0n) is 12.1. The molecule has 2 rings (SSSR count). The third-order valence-electron chi connectivity index (χ3n) is 3.16. The number of hydrogen-bond donors (Lipinski definition) is 2.